The SMILES string of the molecule is CCC(C)NC(=O)COc1ccc(C#N)cc1Cl. The molecule has 1 N–H and O–H groups in total. The zero-order chi connectivity index (χ0) is 13.5. The molecular weight excluding hydrogens is 252 g/mol. The molecule has 1 unspecified atom stereocenters. The van der Waals surface area contributed by atoms with Crippen molar-refractivity contribution in [3.05, 3.63) is 28.8 Å². The monoisotopic (exact) mass is 266 g/mol. The summed E-state index contributed by atoms with van der Waals surface area (Å²) in [5, 5.41) is 11.8. The standard InChI is InChI=1S/C13H15ClN2O2/c1-3-9(2)16-13(17)8-18-12-5-4-10(7-15)6-11(12)14/h4-6,9H,3,8H2,1-2H3,(H,16,17). The predicted octanol–water partition coefficient (Wildman–Crippen LogP) is 2.51. The second-order valence-electron chi connectivity index (χ2n) is 3.92. The Labute approximate surface area is 112 Å². The number of ether oxygens (including phenoxy) is 1. The van der Waals surface area contributed by atoms with Gasteiger partial charge < -0.3 is 10.1 Å². The molecule has 0 fully saturated rings. The second kappa shape index (κ2) is 6.87. The van der Waals surface area contributed by atoms with Gasteiger partial charge in [0.2, 0.25) is 0 Å². The Morgan fingerprint density at radius 1 is 1.61 bits per heavy atom. The molecule has 18 heavy (non-hydrogen) atoms. The molecule has 4 nitrogen and oxygen atoms in total. The summed E-state index contributed by atoms with van der Waals surface area (Å²) in [6.45, 7) is 3.83. The van der Waals surface area contributed by atoms with Gasteiger partial charge in [0, 0.05) is 6.04 Å². The highest BCUT2D eigenvalue weighted by atomic mass is 35.5. The van der Waals surface area contributed by atoms with Gasteiger partial charge in [-0.3, -0.25) is 4.79 Å². The molecule has 1 aromatic carbocycles. The van der Waals surface area contributed by atoms with Crippen LogP contribution in [0.2, 0.25) is 5.02 Å². The summed E-state index contributed by atoms with van der Waals surface area (Å²) in [5.41, 5.74) is 0.455. The van der Waals surface area contributed by atoms with E-state index in [4.69, 9.17) is 21.6 Å². The molecular formula is C13H15ClN2O2. The van der Waals surface area contributed by atoms with Gasteiger partial charge >= 0.3 is 0 Å². The molecule has 5 heteroatoms. The maximum Gasteiger partial charge on any atom is 0.258 e. The quantitative estimate of drug-likeness (QED) is 0.891. The van der Waals surface area contributed by atoms with Gasteiger partial charge in [0.15, 0.2) is 6.61 Å². The lowest BCUT2D eigenvalue weighted by atomic mass is 10.2. The summed E-state index contributed by atoms with van der Waals surface area (Å²) in [6, 6.07) is 6.77. The van der Waals surface area contributed by atoms with E-state index in [0.29, 0.717) is 16.3 Å². The van der Waals surface area contributed by atoms with Crippen molar-refractivity contribution >= 4 is 17.5 Å². The molecule has 0 saturated heterocycles. The fourth-order valence-electron chi connectivity index (χ4n) is 1.25. The first-order chi connectivity index (χ1) is 8.56. The lowest BCUT2D eigenvalue weighted by Crippen LogP contribution is -2.35. The third-order valence-corrected chi connectivity index (χ3v) is 2.73. The number of halogens is 1. The van der Waals surface area contributed by atoms with Crippen LogP contribution in [-0.4, -0.2) is 18.6 Å². The zero-order valence-corrected chi connectivity index (χ0v) is 11.1. The van der Waals surface area contributed by atoms with Crippen molar-refractivity contribution in [3.63, 3.8) is 0 Å². The number of amides is 1. The van der Waals surface area contributed by atoms with Crippen molar-refractivity contribution in [3.8, 4) is 11.8 Å². The number of hydrogen-bond donors (Lipinski definition) is 1. The van der Waals surface area contributed by atoms with Crippen LogP contribution in [-0.2, 0) is 4.79 Å². The van der Waals surface area contributed by atoms with Gasteiger partial charge in [0.1, 0.15) is 5.75 Å². The molecule has 0 aliphatic rings. The zero-order valence-electron chi connectivity index (χ0n) is 10.4. The van der Waals surface area contributed by atoms with Crippen LogP contribution in [0.5, 0.6) is 5.75 Å². The highest BCUT2D eigenvalue weighted by Gasteiger charge is 2.08. The molecule has 0 spiro atoms. The Balaban J connectivity index is 2.54. The molecule has 0 saturated carbocycles. The molecule has 1 atom stereocenters. The summed E-state index contributed by atoms with van der Waals surface area (Å²) in [5.74, 6) is 0.208. The van der Waals surface area contributed by atoms with E-state index in [-0.39, 0.29) is 18.6 Å². The van der Waals surface area contributed by atoms with Gasteiger partial charge in [-0.25, -0.2) is 0 Å². The lowest BCUT2D eigenvalue weighted by Gasteiger charge is -2.12. The molecule has 1 aromatic rings. The summed E-state index contributed by atoms with van der Waals surface area (Å²) < 4.78 is 5.29. The number of nitriles is 1. The Morgan fingerprint density at radius 2 is 2.33 bits per heavy atom. The molecule has 1 amide bonds. The average Bonchev–Trinajstić information content (AvgIpc) is 2.36. The van der Waals surface area contributed by atoms with E-state index in [1.54, 1.807) is 12.1 Å². The van der Waals surface area contributed by atoms with E-state index in [9.17, 15) is 4.79 Å². The van der Waals surface area contributed by atoms with Gasteiger partial charge in [0.05, 0.1) is 16.7 Å². The van der Waals surface area contributed by atoms with Crippen LogP contribution in [0.4, 0.5) is 0 Å². The Morgan fingerprint density at radius 3 is 2.89 bits per heavy atom. The molecule has 0 bridgehead atoms. The summed E-state index contributed by atoms with van der Waals surface area (Å²) in [4.78, 5) is 11.5. The summed E-state index contributed by atoms with van der Waals surface area (Å²) in [7, 11) is 0. The maximum absolute atomic E-state index is 11.5. The predicted molar refractivity (Wildman–Crippen MR) is 69.6 cm³/mol. The van der Waals surface area contributed by atoms with E-state index in [0.717, 1.165) is 6.42 Å². The first kappa shape index (κ1) is 14.3. The minimum Gasteiger partial charge on any atom is -0.482 e. The largest absolute Gasteiger partial charge is 0.482 e. The van der Waals surface area contributed by atoms with E-state index >= 15 is 0 Å². The maximum atomic E-state index is 11.5. The molecule has 0 aromatic heterocycles. The van der Waals surface area contributed by atoms with Crippen LogP contribution in [0.3, 0.4) is 0 Å². The normalized spacial score (nSPS) is 11.4. The fourth-order valence-corrected chi connectivity index (χ4v) is 1.48. The fraction of sp³-hybridized carbons (Fsp3) is 0.385. The minimum absolute atomic E-state index is 0.0873. The van der Waals surface area contributed by atoms with Gasteiger partial charge in [-0.2, -0.15) is 5.26 Å². The van der Waals surface area contributed by atoms with Gasteiger partial charge in [-0.05, 0) is 31.5 Å². The van der Waals surface area contributed by atoms with Gasteiger partial charge in [-0.1, -0.05) is 18.5 Å². The molecule has 0 heterocycles. The van der Waals surface area contributed by atoms with E-state index < -0.39 is 0 Å². The number of nitrogens with zero attached hydrogens (tertiary/aromatic N) is 1. The van der Waals surface area contributed by atoms with Crippen LogP contribution >= 0.6 is 11.6 Å². The highest BCUT2D eigenvalue weighted by molar-refractivity contribution is 6.32. The Bertz CT molecular complexity index is 469. The van der Waals surface area contributed by atoms with Gasteiger partial charge in [-0.15, -0.1) is 0 Å². The van der Waals surface area contributed by atoms with Crippen molar-refractivity contribution in [1.82, 2.24) is 5.32 Å². The Kier molecular flexibility index (Phi) is 5.47. The number of hydrogen-bond acceptors (Lipinski definition) is 3. The van der Waals surface area contributed by atoms with Crippen molar-refractivity contribution in [2.75, 3.05) is 6.61 Å². The smallest absolute Gasteiger partial charge is 0.258 e. The van der Waals surface area contributed by atoms with Crippen LogP contribution < -0.4 is 10.1 Å². The van der Waals surface area contributed by atoms with Crippen molar-refractivity contribution < 1.29 is 9.53 Å². The van der Waals surface area contributed by atoms with Crippen LogP contribution in [0.25, 0.3) is 0 Å². The molecule has 96 valence electrons. The van der Waals surface area contributed by atoms with E-state index in [1.807, 2.05) is 19.9 Å². The number of carbonyl (C=O) groups excluding carboxylic acids is 1. The number of rotatable bonds is 5. The van der Waals surface area contributed by atoms with Crippen LogP contribution in [0, 0.1) is 11.3 Å². The summed E-state index contributed by atoms with van der Waals surface area (Å²) in [6.07, 6.45) is 0.864. The van der Waals surface area contributed by atoms with Crippen LogP contribution in [0.1, 0.15) is 25.8 Å². The first-order valence-electron chi connectivity index (χ1n) is 5.68. The molecule has 1 rings (SSSR count). The second-order valence-corrected chi connectivity index (χ2v) is 4.33. The number of carbonyl (C=O) groups is 1. The van der Waals surface area contributed by atoms with Crippen molar-refractivity contribution in [1.29, 1.82) is 5.26 Å². The number of benzene rings is 1. The van der Waals surface area contributed by atoms with Crippen molar-refractivity contribution in [2.24, 2.45) is 0 Å². The summed E-state index contributed by atoms with van der Waals surface area (Å²) >= 11 is 5.92. The topological polar surface area (TPSA) is 62.1 Å². The highest BCUT2D eigenvalue weighted by Crippen LogP contribution is 2.24. The third-order valence-electron chi connectivity index (χ3n) is 2.44. The third kappa shape index (κ3) is 4.27. The minimum atomic E-state index is -0.190. The van der Waals surface area contributed by atoms with Crippen LogP contribution in [0.15, 0.2) is 18.2 Å². The lowest BCUT2D eigenvalue weighted by molar-refractivity contribution is -0.123. The van der Waals surface area contributed by atoms with Gasteiger partial charge in [0.25, 0.3) is 5.91 Å². The van der Waals surface area contributed by atoms with E-state index in [2.05, 4.69) is 5.32 Å². The molecule has 0 radical (unpaired) electrons. The molecule has 0 aliphatic heterocycles. The van der Waals surface area contributed by atoms with E-state index in [1.165, 1.54) is 6.07 Å². The number of nitrogens with one attached hydrogen (secondary N) is 1. The first-order valence-corrected chi connectivity index (χ1v) is 6.06. The Hall–Kier alpha value is -1.73. The molecule has 0 aliphatic carbocycles. The average molecular weight is 267 g/mol. The van der Waals surface area contributed by atoms with Crippen molar-refractivity contribution in [2.45, 2.75) is 26.3 Å².